The van der Waals surface area contributed by atoms with Crippen LogP contribution in [0.5, 0.6) is 5.75 Å². The van der Waals surface area contributed by atoms with Crippen LogP contribution in [0, 0.1) is 0 Å². The number of piperazine rings is 1. The van der Waals surface area contributed by atoms with Gasteiger partial charge >= 0.3 is 0 Å². The number of likely N-dealkylation sites (N-methyl/N-ethyl adjacent to an activating group) is 1. The van der Waals surface area contributed by atoms with E-state index in [1.807, 2.05) is 4.90 Å². The van der Waals surface area contributed by atoms with Crippen molar-refractivity contribution in [3.63, 3.8) is 0 Å². The van der Waals surface area contributed by atoms with Crippen molar-refractivity contribution in [1.82, 2.24) is 24.9 Å². The van der Waals surface area contributed by atoms with Gasteiger partial charge in [0.25, 0.3) is 5.91 Å². The van der Waals surface area contributed by atoms with Crippen LogP contribution < -0.4 is 4.74 Å². The number of aromatic nitrogens is 2. The highest BCUT2D eigenvalue weighted by atomic mass is 16.5. The molecule has 7 nitrogen and oxygen atoms in total. The number of hydrogen-bond donors (Lipinski definition) is 1. The van der Waals surface area contributed by atoms with Crippen molar-refractivity contribution in [2.24, 2.45) is 0 Å². The van der Waals surface area contributed by atoms with E-state index in [0.717, 1.165) is 37.5 Å². The minimum Gasteiger partial charge on any atom is -0.491 e. The lowest BCUT2D eigenvalue weighted by molar-refractivity contribution is 0.0733. The summed E-state index contributed by atoms with van der Waals surface area (Å²) in [6.07, 6.45) is 3.21. The molecule has 0 radical (unpaired) electrons. The first-order valence-corrected chi connectivity index (χ1v) is 11.2. The lowest BCUT2D eigenvalue weighted by atomic mass is 10.0. The quantitative estimate of drug-likeness (QED) is 0.688. The van der Waals surface area contributed by atoms with E-state index in [4.69, 9.17) is 4.74 Å². The van der Waals surface area contributed by atoms with Gasteiger partial charge in [-0.15, -0.1) is 0 Å². The molecule has 1 saturated heterocycles. The van der Waals surface area contributed by atoms with E-state index in [9.17, 15) is 4.79 Å². The summed E-state index contributed by atoms with van der Waals surface area (Å²) in [4.78, 5) is 19.6. The highest BCUT2D eigenvalue weighted by Crippen LogP contribution is 2.29. The Labute approximate surface area is 188 Å². The highest BCUT2D eigenvalue weighted by Gasteiger charge is 2.27. The van der Waals surface area contributed by atoms with Crippen LogP contribution in [0.2, 0.25) is 0 Å². The molecule has 32 heavy (non-hydrogen) atoms. The lowest BCUT2D eigenvalue weighted by Gasteiger charge is -2.40. The predicted molar refractivity (Wildman–Crippen MR) is 122 cm³/mol. The second-order valence-electron chi connectivity index (χ2n) is 8.66. The average molecular weight is 432 g/mol. The van der Waals surface area contributed by atoms with Gasteiger partial charge in [-0.1, -0.05) is 36.4 Å². The molecule has 1 atom stereocenters. The molecule has 0 bridgehead atoms. The molecule has 5 rings (SSSR count). The summed E-state index contributed by atoms with van der Waals surface area (Å²) in [5.41, 5.74) is 4.24. The predicted octanol–water partition coefficient (Wildman–Crippen LogP) is 2.93. The summed E-state index contributed by atoms with van der Waals surface area (Å²) in [5.74, 6) is 0.845. The van der Waals surface area contributed by atoms with Crippen molar-refractivity contribution in [2.75, 3.05) is 39.8 Å². The number of carbonyl (C=O) groups excluding carboxylic acids is 1. The van der Waals surface area contributed by atoms with Gasteiger partial charge in [0.05, 0.1) is 18.3 Å². The molecule has 0 saturated carbocycles. The third-order valence-corrected chi connectivity index (χ3v) is 6.40. The fourth-order valence-corrected chi connectivity index (χ4v) is 4.64. The zero-order valence-corrected chi connectivity index (χ0v) is 18.4. The minimum atomic E-state index is -0.0242. The van der Waals surface area contributed by atoms with Crippen LogP contribution in [0.15, 0.2) is 60.9 Å². The average Bonchev–Trinajstić information content (AvgIpc) is 3.27. The maximum Gasteiger partial charge on any atom is 0.257 e. The number of aromatic amines is 1. The molecule has 1 N–H and O–H groups in total. The molecule has 166 valence electrons. The van der Waals surface area contributed by atoms with E-state index in [0.29, 0.717) is 31.3 Å². The molecule has 1 fully saturated rings. The molecule has 1 amide bonds. The SMILES string of the molecule is CN1CCN(Cc2ccc3c(c2)CN(C(=O)c2cn[nH]c2)CCO3)[C@@H](c2ccccc2)C1. The van der Waals surface area contributed by atoms with Crippen molar-refractivity contribution in [1.29, 1.82) is 0 Å². The lowest BCUT2D eigenvalue weighted by Crippen LogP contribution is -2.46. The second-order valence-corrected chi connectivity index (χ2v) is 8.66. The molecule has 0 spiro atoms. The van der Waals surface area contributed by atoms with Crippen molar-refractivity contribution >= 4 is 5.91 Å². The number of amides is 1. The number of fused-ring (bicyclic) bond motifs is 1. The van der Waals surface area contributed by atoms with Crippen LogP contribution >= 0.6 is 0 Å². The number of carbonyl (C=O) groups is 1. The summed E-state index contributed by atoms with van der Waals surface area (Å²) in [5, 5.41) is 6.63. The Morgan fingerprint density at radius 2 is 2.03 bits per heavy atom. The summed E-state index contributed by atoms with van der Waals surface area (Å²) >= 11 is 0. The molecule has 0 unspecified atom stereocenters. The first-order chi connectivity index (χ1) is 15.7. The number of nitrogens with one attached hydrogen (secondary N) is 1. The fourth-order valence-electron chi connectivity index (χ4n) is 4.64. The molecule has 2 aromatic carbocycles. The number of ether oxygens (including phenoxy) is 1. The molecule has 1 aromatic heterocycles. The first kappa shape index (κ1) is 20.7. The van der Waals surface area contributed by atoms with E-state index < -0.39 is 0 Å². The molecule has 7 heteroatoms. The van der Waals surface area contributed by atoms with Crippen LogP contribution in [0.4, 0.5) is 0 Å². The molecule has 3 aromatic rings. The fraction of sp³-hybridized carbons (Fsp3) is 0.360. The molecular formula is C25H29N5O2. The van der Waals surface area contributed by atoms with E-state index >= 15 is 0 Å². The van der Waals surface area contributed by atoms with Gasteiger partial charge in [0.2, 0.25) is 0 Å². The van der Waals surface area contributed by atoms with E-state index in [1.165, 1.54) is 11.1 Å². The van der Waals surface area contributed by atoms with Gasteiger partial charge < -0.3 is 14.5 Å². The standard InChI is InChI=1S/C25H29N5O2/c1-28-9-10-29(23(18-28)20-5-3-2-4-6-20)16-19-7-8-24-21(13-19)17-30(11-12-32-24)25(31)22-14-26-27-15-22/h2-8,13-15,23H,9-12,16-18H2,1H3,(H,26,27)/t23-/m1/s1. The van der Waals surface area contributed by atoms with Crippen LogP contribution in [0.1, 0.15) is 33.1 Å². The van der Waals surface area contributed by atoms with Crippen molar-refractivity contribution in [2.45, 2.75) is 19.1 Å². The Morgan fingerprint density at radius 3 is 2.84 bits per heavy atom. The Kier molecular flexibility index (Phi) is 5.92. The summed E-state index contributed by atoms with van der Waals surface area (Å²) < 4.78 is 5.96. The third kappa shape index (κ3) is 4.40. The topological polar surface area (TPSA) is 64.7 Å². The van der Waals surface area contributed by atoms with Gasteiger partial charge in [-0.2, -0.15) is 5.10 Å². The minimum absolute atomic E-state index is 0.0242. The van der Waals surface area contributed by atoms with Gasteiger partial charge in [0, 0.05) is 50.5 Å². The third-order valence-electron chi connectivity index (χ3n) is 6.40. The van der Waals surface area contributed by atoms with Gasteiger partial charge in [0.1, 0.15) is 12.4 Å². The first-order valence-electron chi connectivity index (χ1n) is 11.2. The van der Waals surface area contributed by atoms with E-state index in [2.05, 4.69) is 75.6 Å². The van der Waals surface area contributed by atoms with Gasteiger partial charge in [-0.25, -0.2) is 0 Å². The number of hydrogen-bond acceptors (Lipinski definition) is 5. The summed E-state index contributed by atoms with van der Waals surface area (Å²) in [7, 11) is 2.19. The monoisotopic (exact) mass is 431 g/mol. The number of nitrogens with zero attached hydrogens (tertiary/aromatic N) is 4. The van der Waals surface area contributed by atoms with Crippen LogP contribution in [0.3, 0.4) is 0 Å². The van der Waals surface area contributed by atoms with Crippen LogP contribution in [-0.2, 0) is 13.1 Å². The second kappa shape index (κ2) is 9.14. The largest absolute Gasteiger partial charge is 0.491 e. The van der Waals surface area contributed by atoms with Crippen LogP contribution in [-0.4, -0.2) is 70.6 Å². The van der Waals surface area contributed by atoms with Crippen molar-refractivity contribution in [3.05, 3.63) is 83.2 Å². The Hall–Kier alpha value is -3.16. The number of rotatable bonds is 4. The molecular weight excluding hydrogens is 402 g/mol. The number of H-pyrrole nitrogens is 1. The van der Waals surface area contributed by atoms with Crippen LogP contribution in [0.25, 0.3) is 0 Å². The Balaban J connectivity index is 1.36. The number of benzene rings is 2. The zero-order valence-electron chi connectivity index (χ0n) is 18.4. The maximum absolute atomic E-state index is 12.9. The Bertz CT molecular complexity index is 1050. The van der Waals surface area contributed by atoms with Gasteiger partial charge in [-0.3, -0.25) is 14.8 Å². The van der Waals surface area contributed by atoms with Gasteiger partial charge in [-0.05, 0) is 30.3 Å². The molecule has 2 aliphatic rings. The highest BCUT2D eigenvalue weighted by molar-refractivity contribution is 5.93. The Morgan fingerprint density at radius 1 is 1.16 bits per heavy atom. The molecule has 2 aliphatic heterocycles. The summed E-state index contributed by atoms with van der Waals surface area (Å²) in [6.45, 7) is 5.56. The zero-order chi connectivity index (χ0) is 21.9. The molecule has 3 heterocycles. The van der Waals surface area contributed by atoms with Gasteiger partial charge in [0.15, 0.2) is 0 Å². The van der Waals surface area contributed by atoms with Crippen molar-refractivity contribution < 1.29 is 9.53 Å². The smallest absolute Gasteiger partial charge is 0.257 e. The van der Waals surface area contributed by atoms with E-state index in [-0.39, 0.29) is 5.91 Å². The van der Waals surface area contributed by atoms with E-state index in [1.54, 1.807) is 12.4 Å². The maximum atomic E-state index is 12.9. The van der Waals surface area contributed by atoms with Crippen molar-refractivity contribution in [3.8, 4) is 5.75 Å². The summed E-state index contributed by atoms with van der Waals surface area (Å²) in [6, 6.07) is 17.5. The molecule has 0 aliphatic carbocycles. The normalized spacial score (nSPS) is 19.8.